The van der Waals surface area contributed by atoms with Crippen LogP contribution >= 0.6 is 0 Å². The van der Waals surface area contributed by atoms with Gasteiger partial charge in [0.25, 0.3) is 0 Å². The van der Waals surface area contributed by atoms with Crippen LogP contribution in [0.5, 0.6) is 0 Å². The fourth-order valence-electron chi connectivity index (χ4n) is 2.15. The number of nitrogens with zero attached hydrogens (tertiary/aromatic N) is 1. The van der Waals surface area contributed by atoms with Crippen molar-refractivity contribution in [2.75, 3.05) is 6.61 Å². The molecule has 4 heteroatoms. The summed E-state index contributed by atoms with van der Waals surface area (Å²) in [5.74, 6) is -0.562. The van der Waals surface area contributed by atoms with Gasteiger partial charge in [0.1, 0.15) is 11.5 Å². The second-order valence-electron chi connectivity index (χ2n) is 4.29. The average molecular weight is 249 g/mol. The molecule has 0 N–H and O–H groups in total. The smallest absolute Gasteiger partial charge is 0.309 e. The third-order valence-electron chi connectivity index (χ3n) is 3.09. The van der Waals surface area contributed by atoms with Gasteiger partial charge in [-0.05, 0) is 43.9 Å². The first-order chi connectivity index (χ1) is 8.72. The zero-order valence-corrected chi connectivity index (χ0v) is 10.4. The normalized spacial score (nSPS) is 19.2. The number of esters is 1. The number of pyridine rings is 1. The summed E-state index contributed by atoms with van der Waals surface area (Å²) >= 11 is 0. The van der Waals surface area contributed by atoms with Gasteiger partial charge in [-0.1, -0.05) is 6.08 Å². The number of allylic oxidation sites excluding steroid dienone is 2. The number of carbonyl (C=O) groups is 1. The van der Waals surface area contributed by atoms with Gasteiger partial charge in [0.15, 0.2) is 0 Å². The molecule has 18 heavy (non-hydrogen) atoms. The number of halogens is 1. The van der Waals surface area contributed by atoms with E-state index in [1.54, 1.807) is 19.2 Å². The second-order valence-corrected chi connectivity index (χ2v) is 4.29. The largest absolute Gasteiger partial charge is 0.466 e. The SMILES string of the molecule is CCOC(=O)C1CC=C(c2ncccc2F)CC1. The summed E-state index contributed by atoms with van der Waals surface area (Å²) in [5.41, 5.74) is 1.29. The average Bonchev–Trinajstić information content (AvgIpc) is 2.40. The Morgan fingerprint density at radius 2 is 2.44 bits per heavy atom. The van der Waals surface area contributed by atoms with Crippen LogP contribution in [0.25, 0.3) is 5.57 Å². The summed E-state index contributed by atoms with van der Waals surface area (Å²) in [6.45, 7) is 2.20. The van der Waals surface area contributed by atoms with Crippen LogP contribution in [-0.4, -0.2) is 17.6 Å². The predicted molar refractivity (Wildman–Crippen MR) is 66.1 cm³/mol. The molecule has 1 aromatic heterocycles. The molecule has 1 unspecified atom stereocenters. The molecule has 0 amide bonds. The Morgan fingerprint density at radius 1 is 1.61 bits per heavy atom. The van der Waals surface area contributed by atoms with Crippen molar-refractivity contribution in [1.29, 1.82) is 0 Å². The molecule has 1 aliphatic rings. The summed E-state index contributed by atoms with van der Waals surface area (Å²) in [4.78, 5) is 15.6. The number of ether oxygens (including phenoxy) is 1. The third-order valence-corrected chi connectivity index (χ3v) is 3.09. The van der Waals surface area contributed by atoms with E-state index in [2.05, 4.69) is 4.98 Å². The molecule has 0 aliphatic heterocycles. The molecular formula is C14H16FNO2. The van der Waals surface area contributed by atoms with E-state index in [1.807, 2.05) is 6.08 Å². The first-order valence-electron chi connectivity index (χ1n) is 6.19. The summed E-state index contributed by atoms with van der Waals surface area (Å²) in [6.07, 6.45) is 5.44. The Balaban J connectivity index is 2.07. The summed E-state index contributed by atoms with van der Waals surface area (Å²) in [6, 6.07) is 2.98. The van der Waals surface area contributed by atoms with Crippen LogP contribution in [-0.2, 0) is 9.53 Å². The fraction of sp³-hybridized carbons (Fsp3) is 0.429. The molecule has 1 atom stereocenters. The van der Waals surface area contributed by atoms with Gasteiger partial charge >= 0.3 is 5.97 Å². The van der Waals surface area contributed by atoms with Crippen molar-refractivity contribution in [2.45, 2.75) is 26.2 Å². The van der Waals surface area contributed by atoms with Crippen molar-refractivity contribution in [1.82, 2.24) is 4.98 Å². The standard InChI is InChI=1S/C14H16FNO2/c1-2-18-14(17)11-7-5-10(6-8-11)13-12(15)4-3-9-16-13/h3-5,9,11H,2,6-8H2,1H3. The van der Waals surface area contributed by atoms with Gasteiger partial charge in [0, 0.05) is 6.20 Å². The molecule has 1 heterocycles. The van der Waals surface area contributed by atoms with Crippen LogP contribution in [0, 0.1) is 11.7 Å². The van der Waals surface area contributed by atoms with Crippen molar-refractivity contribution in [3.05, 3.63) is 35.9 Å². The fourth-order valence-corrected chi connectivity index (χ4v) is 2.15. The summed E-state index contributed by atoms with van der Waals surface area (Å²) in [7, 11) is 0. The highest BCUT2D eigenvalue weighted by molar-refractivity contribution is 5.75. The molecule has 0 aromatic carbocycles. The van der Waals surface area contributed by atoms with Crippen LogP contribution in [0.2, 0.25) is 0 Å². The van der Waals surface area contributed by atoms with E-state index in [9.17, 15) is 9.18 Å². The topological polar surface area (TPSA) is 39.2 Å². The van der Waals surface area contributed by atoms with Crippen LogP contribution < -0.4 is 0 Å². The van der Waals surface area contributed by atoms with Crippen molar-refractivity contribution in [3.8, 4) is 0 Å². The maximum absolute atomic E-state index is 13.6. The highest BCUT2D eigenvalue weighted by Crippen LogP contribution is 2.30. The second kappa shape index (κ2) is 5.76. The van der Waals surface area contributed by atoms with Crippen LogP contribution in [0.1, 0.15) is 31.9 Å². The van der Waals surface area contributed by atoms with Gasteiger partial charge in [-0.25, -0.2) is 4.39 Å². The maximum atomic E-state index is 13.6. The minimum absolute atomic E-state index is 0.0968. The number of hydrogen-bond acceptors (Lipinski definition) is 3. The van der Waals surface area contributed by atoms with E-state index in [4.69, 9.17) is 4.74 Å². The summed E-state index contributed by atoms with van der Waals surface area (Å²) < 4.78 is 18.5. The minimum Gasteiger partial charge on any atom is -0.466 e. The van der Waals surface area contributed by atoms with Crippen LogP contribution in [0.15, 0.2) is 24.4 Å². The Labute approximate surface area is 106 Å². The quantitative estimate of drug-likeness (QED) is 0.773. The molecule has 1 aromatic rings. The summed E-state index contributed by atoms with van der Waals surface area (Å²) in [5, 5.41) is 0. The lowest BCUT2D eigenvalue weighted by atomic mass is 9.88. The molecule has 0 saturated heterocycles. The molecule has 2 rings (SSSR count). The number of hydrogen-bond donors (Lipinski definition) is 0. The number of carbonyl (C=O) groups excluding carboxylic acids is 1. The van der Waals surface area contributed by atoms with Crippen LogP contribution in [0.4, 0.5) is 4.39 Å². The molecule has 0 spiro atoms. The van der Waals surface area contributed by atoms with E-state index in [1.165, 1.54) is 6.07 Å². The molecule has 0 saturated carbocycles. The van der Waals surface area contributed by atoms with Gasteiger partial charge in [0.05, 0.1) is 12.5 Å². The van der Waals surface area contributed by atoms with E-state index in [0.29, 0.717) is 31.6 Å². The predicted octanol–water partition coefficient (Wildman–Crippen LogP) is 2.97. The monoisotopic (exact) mass is 249 g/mol. The lowest BCUT2D eigenvalue weighted by Gasteiger charge is -2.20. The molecular weight excluding hydrogens is 233 g/mol. The van der Waals surface area contributed by atoms with Gasteiger partial charge < -0.3 is 4.74 Å². The van der Waals surface area contributed by atoms with Gasteiger partial charge in [-0.15, -0.1) is 0 Å². The van der Waals surface area contributed by atoms with Crippen LogP contribution in [0.3, 0.4) is 0 Å². The number of rotatable bonds is 3. The van der Waals surface area contributed by atoms with Gasteiger partial charge in [-0.3, -0.25) is 9.78 Å². The van der Waals surface area contributed by atoms with E-state index in [-0.39, 0.29) is 17.7 Å². The van der Waals surface area contributed by atoms with Crippen molar-refractivity contribution in [2.24, 2.45) is 5.92 Å². The van der Waals surface area contributed by atoms with Crippen molar-refractivity contribution < 1.29 is 13.9 Å². The molecule has 96 valence electrons. The Bertz CT molecular complexity index is 471. The Morgan fingerprint density at radius 3 is 3.06 bits per heavy atom. The zero-order valence-electron chi connectivity index (χ0n) is 10.4. The lowest BCUT2D eigenvalue weighted by molar-refractivity contribution is -0.148. The maximum Gasteiger partial charge on any atom is 0.309 e. The van der Waals surface area contributed by atoms with Gasteiger partial charge in [-0.2, -0.15) is 0 Å². The molecule has 0 fully saturated rings. The highest BCUT2D eigenvalue weighted by atomic mass is 19.1. The molecule has 0 bridgehead atoms. The molecule has 1 aliphatic carbocycles. The first-order valence-corrected chi connectivity index (χ1v) is 6.19. The number of aromatic nitrogens is 1. The zero-order chi connectivity index (χ0) is 13.0. The van der Waals surface area contributed by atoms with Crippen molar-refractivity contribution >= 4 is 11.5 Å². The van der Waals surface area contributed by atoms with Crippen molar-refractivity contribution in [3.63, 3.8) is 0 Å². The van der Waals surface area contributed by atoms with Gasteiger partial charge in [0.2, 0.25) is 0 Å². The first kappa shape index (κ1) is 12.7. The van der Waals surface area contributed by atoms with E-state index < -0.39 is 0 Å². The Kier molecular flexibility index (Phi) is 4.07. The Hall–Kier alpha value is -1.71. The minimum atomic E-state index is -0.307. The lowest BCUT2D eigenvalue weighted by Crippen LogP contribution is -2.19. The molecule has 3 nitrogen and oxygen atoms in total. The molecule has 0 radical (unpaired) electrons. The van der Waals surface area contributed by atoms with E-state index >= 15 is 0 Å². The third kappa shape index (κ3) is 2.75. The van der Waals surface area contributed by atoms with E-state index in [0.717, 1.165) is 5.57 Å². The highest BCUT2D eigenvalue weighted by Gasteiger charge is 2.24.